The second kappa shape index (κ2) is 24.6. The van der Waals surface area contributed by atoms with Gasteiger partial charge in [-0.3, -0.25) is 14.2 Å². The fourth-order valence-electron chi connectivity index (χ4n) is 4.10. The van der Waals surface area contributed by atoms with Gasteiger partial charge in [0.05, 0.1) is 27.7 Å². The van der Waals surface area contributed by atoms with E-state index in [4.69, 9.17) is 18.5 Å². The van der Waals surface area contributed by atoms with Crippen LogP contribution >= 0.6 is 7.82 Å². The van der Waals surface area contributed by atoms with Crippen molar-refractivity contribution in [2.75, 3.05) is 47.5 Å². The summed E-state index contributed by atoms with van der Waals surface area (Å²) in [5.41, 5.74) is 0. The molecule has 238 valence electrons. The number of ether oxygens (including phenoxy) is 2. The Morgan fingerprint density at radius 3 is 1.65 bits per heavy atom. The molecule has 9 nitrogen and oxygen atoms in total. The molecule has 0 bridgehead atoms. The summed E-state index contributed by atoms with van der Waals surface area (Å²) in [5.74, 6) is -0.892. The lowest BCUT2D eigenvalue weighted by atomic mass is 10.0. The zero-order valence-electron chi connectivity index (χ0n) is 26.3. The van der Waals surface area contributed by atoms with Crippen LogP contribution in [0.3, 0.4) is 0 Å². The Kier molecular flexibility index (Phi) is 24.0. The zero-order valence-corrected chi connectivity index (χ0v) is 27.2. The van der Waals surface area contributed by atoms with Crippen LogP contribution in [-0.4, -0.2) is 70.0 Å². The molecule has 10 heteroatoms. The van der Waals surface area contributed by atoms with Gasteiger partial charge in [-0.05, 0) is 12.8 Å². The summed E-state index contributed by atoms with van der Waals surface area (Å²) in [6.45, 7) is 3.81. The molecule has 2 atom stereocenters. The second-order valence-corrected chi connectivity index (χ2v) is 13.2. The van der Waals surface area contributed by atoms with E-state index in [0.717, 1.165) is 19.3 Å². The lowest BCUT2D eigenvalue weighted by Gasteiger charge is -2.28. The summed E-state index contributed by atoms with van der Waals surface area (Å²) in [7, 11) is 1.16. The van der Waals surface area contributed by atoms with Crippen LogP contribution in [-0.2, 0) is 32.7 Å². The SMILES string of the molecule is CCCCCCCCCCCCCCCCCC(=O)OC[C@H](COP(=O)([O-])OCC[N+](C)(C)C)OC(=O)CCC. The predicted molar refractivity (Wildman–Crippen MR) is 158 cm³/mol. The summed E-state index contributed by atoms with van der Waals surface area (Å²) < 4.78 is 32.9. The molecule has 0 aromatic carbocycles. The van der Waals surface area contributed by atoms with Crippen molar-refractivity contribution in [2.24, 2.45) is 0 Å². The molecule has 0 heterocycles. The molecule has 0 aliphatic carbocycles. The molecule has 0 saturated heterocycles. The first kappa shape index (κ1) is 39.0. The number of hydrogen-bond acceptors (Lipinski definition) is 8. The van der Waals surface area contributed by atoms with Crippen LogP contribution in [0.2, 0.25) is 0 Å². The summed E-state index contributed by atoms with van der Waals surface area (Å²) >= 11 is 0. The van der Waals surface area contributed by atoms with Gasteiger partial charge < -0.3 is 27.9 Å². The van der Waals surface area contributed by atoms with Crippen molar-refractivity contribution in [1.29, 1.82) is 0 Å². The van der Waals surface area contributed by atoms with Crippen LogP contribution in [0.15, 0.2) is 0 Å². The molecule has 0 fully saturated rings. The Morgan fingerprint density at radius 2 is 1.18 bits per heavy atom. The molecular weight excluding hydrogens is 533 g/mol. The Balaban J connectivity index is 4.05. The van der Waals surface area contributed by atoms with Crippen LogP contribution in [0.4, 0.5) is 0 Å². The van der Waals surface area contributed by atoms with E-state index in [1.54, 1.807) is 0 Å². The largest absolute Gasteiger partial charge is 0.756 e. The highest BCUT2D eigenvalue weighted by atomic mass is 31.2. The van der Waals surface area contributed by atoms with Gasteiger partial charge in [0.2, 0.25) is 0 Å². The minimum Gasteiger partial charge on any atom is -0.756 e. The first-order valence-electron chi connectivity index (χ1n) is 15.7. The Bertz CT molecular complexity index is 683. The molecule has 0 spiro atoms. The van der Waals surface area contributed by atoms with Crippen LogP contribution in [0.5, 0.6) is 0 Å². The molecule has 0 aliphatic rings. The van der Waals surface area contributed by atoms with E-state index < -0.39 is 32.5 Å². The first-order valence-corrected chi connectivity index (χ1v) is 17.2. The van der Waals surface area contributed by atoms with Crippen LogP contribution in [0, 0.1) is 0 Å². The van der Waals surface area contributed by atoms with Crippen molar-refractivity contribution in [3.63, 3.8) is 0 Å². The van der Waals surface area contributed by atoms with Gasteiger partial charge in [0.15, 0.2) is 6.10 Å². The summed E-state index contributed by atoms with van der Waals surface area (Å²) in [4.78, 5) is 36.2. The number of rotatable bonds is 28. The molecule has 0 saturated carbocycles. The van der Waals surface area contributed by atoms with Gasteiger partial charge in [-0.1, -0.05) is 104 Å². The number of nitrogens with zero attached hydrogens (tertiary/aromatic N) is 1. The van der Waals surface area contributed by atoms with Gasteiger partial charge >= 0.3 is 11.9 Å². The second-order valence-electron chi connectivity index (χ2n) is 11.8. The summed E-state index contributed by atoms with van der Waals surface area (Å²) in [5, 5.41) is 0. The lowest BCUT2D eigenvalue weighted by molar-refractivity contribution is -0.870. The van der Waals surface area contributed by atoms with Crippen molar-refractivity contribution in [3.05, 3.63) is 0 Å². The van der Waals surface area contributed by atoms with Gasteiger partial charge in [-0.15, -0.1) is 0 Å². The molecule has 0 rings (SSSR count). The van der Waals surface area contributed by atoms with E-state index in [0.29, 0.717) is 17.4 Å². The van der Waals surface area contributed by atoms with E-state index >= 15 is 0 Å². The number of unbranched alkanes of at least 4 members (excludes halogenated alkanes) is 14. The van der Waals surface area contributed by atoms with E-state index in [9.17, 15) is 19.0 Å². The van der Waals surface area contributed by atoms with Crippen molar-refractivity contribution >= 4 is 19.8 Å². The summed E-state index contributed by atoms with van der Waals surface area (Å²) in [6.07, 6.45) is 18.8. The van der Waals surface area contributed by atoms with Crippen LogP contribution < -0.4 is 4.89 Å². The minimum absolute atomic E-state index is 0.0290. The molecule has 0 amide bonds. The minimum atomic E-state index is -4.58. The molecule has 0 aliphatic heterocycles. The fraction of sp³-hybridized carbons (Fsp3) is 0.933. The topological polar surface area (TPSA) is 111 Å². The normalized spacial score (nSPS) is 14.1. The summed E-state index contributed by atoms with van der Waals surface area (Å²) in [6, 6.07) is 0. The first-order chi connectivity index (χ1) is 19.0. The number of hydrogen-bond donors (Lipinski definition) is 0. The maximum Gasteiger partial charge on any atom is 0.306 e. The monoisotopic (exact) mass is 593 g/mol. The molecule has 0 aromatic heterocycles. The number of carbonyl (C=O) groups is 2. The molecule has 40 heavy (non-hydrogen) atoms. The smallest absolute Gasteiger partial charge is 0.306 e. The van der Waals surface area contributed by atoms with Crippen molar-refractivity contribution in [3.8, 4) is 0 Å². The van der Waals surface area contributed by atoms with E-state index in [-0.39, 0.29) is 26.1 Å². The fourth-order valence-corrected chi connectivity index (χ4v) is 4.83. The molecule has 1 unspecified atom stereocenters. The van der Waals surface area contributed by atoms with Gasteiger partial charge in [0, 0.05) is 12.8 Å². The van der Waals surface area contributed by atoms with Crippen LogP contribution in [0.25, 0.3) is 0 Å². The Morgan fingerprint density at radius 1 is 0.675 bits per heavy atom. The highest BCUT2D eigenvalue weighted by molar-refractivity contribution is 7.45. The standard InChI is InChI=1S/C30H60NO8P/c1-6-8-9-10-11-12-13-14-15-16-17-18-19-20-21-23-29(32)36-26-28(39-30(33)22-7-2)27-38-40(34,35)37-25-24-31(3,4)5/h28H,6-27H2,1-5H3/t28-/m1/s1. The predicted octanol–water partition coefficient (Wildman–Crippen LogP) is 6.71. The maximum absolute atomic E-state index is 12.2. The number of esters is 2. The number of carbonyl (C=O) groups excluding carboxylic acids is 2. The Labute approximate surface area is 244 Å². The van der Waals surface area contributed by atoms with Crippen molar-refractivity contribution in [1.82, 2.24) is 0 Å². The molecular formula is C30H60NO8P. The molecule has 0 aromatic rings. The third-order valence-electron chi connectivity index (χ3n) is 6.60. The van der Waals surface area contributed by atoms with Crippen molar-refractivity contribution in [2.45, 2.75) is 136 Å². The quantitative estimate of drug-likeness (QED) is 0.0426. The average molecular weight is 594 g/mol. The van der Waals surface area contributed by atoms with Gasteiger partial charge in [0.25, 0.3) is 7.82 Å². The van der Waals surface area contributed by atoms with Gasteiger partial charge in [0.1, 0.15) is 19.8 Å². The third kappa shape index (κ3) is 27.2. The van der Waals surface area contributed by atoms with E-state index in [2.05, 4.69) is 6.92 Å². The maximum atomic E-state index is 12.2. The number of quaternary nitrogens is 1. The highest BCUT2D eigenvalue weighted by Crippen LogP contribution is 2.38. The lowest BCUT2D eigenvalue weighted by Crippen LogP contribution is -2.37. The van der Waals surface area contributed by atoms with Crippen molar-refractivity contribution < 1.29 is 42.1 Å². The van der Waals surface area contributed by atoms with E-state index in [1.807, 2.05) is 28.1 Å². The van der Waals surface area contributed by atoms with Crippen LogP contribution in [0.1, 0.15) is 129 Å². The van der Waals surface area contributed by atoms with E-state index in [1.165, 1.54) is 77.0 Å². The molecule has 0 N–H and O–H groups in total. The molecule has 0 radical (unpaired) electrons. The van der Waals surface area contributed by atoms with Gasteiger partial charge in [-0.25, -0.2) is 0 Å². The zero-order chi connectivity index (χ0) is 30.1. The Hall–Kier alpha value is -0.990. The highest BCUT2D eigenvalue weighted by Gasteiger charge is 2.21. The number of phosphoric acid groups is 1. The number of likely N-dealkylation sites (N-methyl/N-ethyl adjacent to an activating group) is 1. The average Bonchev–Trinajstić information content (AvgIpc) is 2.87. The number of phosphoric ester groups is 1. The third-order valence-corrected chi connectivity index (χ3v) is 7.56. The van der Waals surface area contributed by atoms with Gasteiger partial charge in [-0.2, -0.15) is 0 Å².